The third kappa shape index (κ3) is 7.80. The number of benzene rings is 2. The number of carbonyl (C=O) groups excluding carboxylic acids is 2. The summed E-state index contributed by atoms with van der Waals surface area (Å²) in [6, 6.07) is 7.03. The molecular formula is C23H27Br2NO6P+. The first-order valence-corrected chi connectivity index (χ1v) is 13.7. The summed E-state index contributed by atoms with van der Waals surface area (Å²) in [6.45, 7) is 8.71. The Morgan fingerprint density at radius 3 is 2.21 bits per heavy atom. The van der Waals surface area contributed by atoms with Gasteiger partial charge in [-0.3, -0.25) is 4.79 Å². The third-order valence-corrected chi connectivity index (χ3v) is 6.44. The molecular weight excluding hydrogens is 577 g/mol. The van der Waals surface area contributed by atoms with Gasteiger partial charge in [0, 0.05) is 5.56 Å². The van der Waals surface area contributed by atoms with Crippen LogP contribution < -0.4 is 10.1 Å². The molecule has 2 N–H and O–H groups in total. The number of halogens is 2. The molecule has 0 bridgehead atoms. The van der Waals surface area contributed by atoms with E-state index >= 15 is 0 Å². The van der Waals surface area contributed by atoms with E-state index in [1.54, 1.807) is 34.4 Å². The molecule has 0 heterocycles. The van der Waals surface area contributed by atoms with Crippen molar-refractivity contribution in [3.63, 3.8) is 0 Å². The first kappa shape index (κ1) is 27.3. The van der Waals surface area contributed by atoms with Crippen molar-refractivity contribution in [1.82, 2.24) is 5.32 Å². The predicted molar refractivity (Wildman–Crippen MR) is 135 cm³/mol. The number of esters is 1. The number of phenols is 1. The summed E-state index contributed by atoms with van der Waals surface area (Å²) in [5.74, 6) is -0.868. The van der Waals surface area contributed by atoms with E-state index < -0.39 is 25.7 Å². The molecule has 2 aromatic rings. The highest BCUT2D eigenvalue weighted by atomic mass is 79.9. The highest BCUT2D eigenvalue weighted by molar-refractivity contribution is 9.11. The van der Waals surface area contributed by atoms with Gasteiger partial charge >= 0.3 is 13.8 Å². The van der Waals surface area contributed by atoms with Gasteiger partial charge in [0.05, 0.1) is 20.6 Å². The lowest BCUT2D eigenvalue weighted by atomic mass is 10.0. The van der Waals surface area contributed by atoms with Crippen molar-refractivity contribution in [2.45, 2.75) is 46.0 Å². The van der Waals surface area contributed by atoms with Crippen LogP contribution in [0.1, 0.15) is 43.6 Å². The number of hydrogen-bond donors (Lipinski definition) is 2. The summed E-state index contributed by atoms with van der Waals surface area (Å²) in [5, 5.41) is 12.9. The Hall–Kier alpha value is -1.96. The van der Waals surface area contributed by atoms with E-state index in [2.05, 4.69) is 37.2 Å². The summed E-state index contributed by atoms with van der Waals surface area (Å²) in [4.78, 5) is 25.2. The second-order valence-electron chi connectivity index (χ2n) is 8.14. The first-order valence-electron chi connectivity index (χ1n) is 10.3. The monoisotopic (exact) mass is 602 g/mol. The Morgan fingerprint density at radius 2 is 1.70 bits per heavy atom. The molecule has 7 nitrogen and oxygen atoms in total. The number of rotatable bonds is 9. The highest BCUT2D eigenvalue weighted by Crippen LogP contribution is 2.40. The molecule has 0 saturated heterocycles. The molecule has 0 aromatic heterocycles. The smallest absolute Gasteiger partial charge is 0.340 e. The molecule has 0 saturated carbocycles. The number of nitrogens with one attached hydrogen (secondary N) is 1. The molecule has 33 heavy (non-hydrogen) atoms. The van der Waals surface area contributed by atoms with Gasteiger partial charge in [-0.2, -0.15) is 0 Å². The Bertz CT molecular complexity index is 1030. The van der Waals surface area contributed by atoms with Gasteiger partial charge in [0.15, 0.2) is 11.9 Å². The first-order chi connectivity index (χ1) is 15.4. The van der Waals surface area contributed by atoms with Gasteiger partial charge in [-0.15, -0.1) is 0 Å². The maximum Gasteiger partial charge on any atom is 0.340 e. The standard InChI is InChI=1S/C23H26Br2NO6P/c1-12(2)20(23(29)31-13(3)4)26-22(28)16-10-15(6-7-19(16)27)32-21-17(24)8-14(9-18(21)25)11-33(5)30/h6-10,12-13,20H,11H2,1-5H3,(H-,26,27,28)/p+1. The van der Waals surface area contributed by atoms with Gasteiger partial charge in [0.25, 0.3) is 5.91 Å². The summed E-state index contributed by atoms with van der Waals surface area (Å²) in [5.41, 5.74) is 0.839. The van der Waals surface area contributed by atoms with Gasteiger partial charge in [-0.05, 0) is 82.0 Å². The molecule has 0 aliphatic rings. The zero-order chi connectivity index (χ0) is 24.9. The van der Waals surface area contributed by atoms with Crippen LogP contribution in [-0.4, -0.2) is 35.8 Å². The van der Waals surface area contributed by atoms with Crippen molar-refractivity contribution in [2.75, 3.05) is 6.66 Å². The highest BCUT2D eigenvalue weighted by Gasteiger charge is 2.28. The van der Waals surface area contributed by atoms with Crippen LogP contribution in [-0.2, 0) is 20.3 Å². The molecule has 2 rings (SSSR count). The van der Waals surface area contributed by atoms with E-state index in [9.17, 15) is 19.3 Å². The van der Waals surface area contributed by atoms with Crippen LogP contribution in [0.5, 0.6) is 17.2 Å². The number of phenolic OH excluding ortho intramolecular Hbond substituents is 1. The third-order valence-electron chi connectivity index (χ3n) is 4.45. The Balaban J connectivity index is 2.28. The molecule has 10 heteroatoms. The number of carbonyl (C=O) groups is 2. The van der Waals surface area contributed by atoms with Crippen LogP contribution in [0.25, 0.3) is 0 Å². The molecule has 178 valence electrons. The van der Waals surface area contributed by atoms with E-state index in [0.29, 0.717) is 26.6 Å². The molecule has 0 radical (unpaired) electrons. The van der Waals surface area contributed by atoms with Crippen LogP contribution in [0, 0.1) is 5.92 Å². The van der Waals surface area contributed by atoms with Crippen molar-refractivity contribution < 1.29 is 28.7 Å². The zero-order valence-corrected chi connectivity index (χ0v) is 23.1. The lowest BCUT2D eigenvalue weighted by Gasteiger charge is -2.22. The number of amides is 1. The average Bonchev–Trinajstić information content (AvgIpc) is 2.68. The van der Waals surface area contributed by atoms with Crippen LogP contribution in [0.15, 0.2) is 39.3 Å². The number of hydrogen-bond acceptors (Lipinski definition) is 6. The van der Waals surface area contributed by atoms with Crippen LogP contribution in [0.2, 0.25) is 0 Å². The number of aromatic hydroxyl groups is 1. The quantitative estimate of drug-likeness (QED) is 0.255. The summed E-state index contributed by atoms with van der Waals surface area (Å²) < 4.78 is 24.0. The van der Waals surface area contributed by atoms with Crippen LogP contribution in [0.3, 0.4) is 0 Å². The van der Waals surface area contributed by atoms with Gasteiger partial charge in [-0.1, -0.05) is 18.4 Å². The normalized spacial score (nSPS) is 12.5. The number of ether oxygens (including phenoxy) is 2. The molecule has 2 aromatic carbocycles. The fourth-order valence-electron chi connectivity index (χ4n) is 2.96. The molecule has 0 fully saturated rings. The minimum atomic E-state index is -1.33. The van der Waals surface area contributed by atoms with E-state index in [-0.39, 0.29) is 23.3 Å². The average molecular weight is 604 g/mol. The van der Waals surface area contributed by atoms with E-state index in [1.807, 2.05) is 12.1 Å². The Morgan fingerprint density at radius 1 is 1.09 bits per heavy atom. The maximum absolute atomic E-state index is 12.9. The molecule has 1 amide bonds. The van der Waals surface area contributed by atoms with Crippen molar-refractivity contribution in [3.8, 4) is 17.2 Å². The molecule has 2 atom stereocenters. The Labute approximate surface area is 211 Å². The van der Waals surface area contributed by atoms with E-state index in [0.717, 1.165) is 5.56 Å². The van der Waals surface area contributed by atoms with Gasteiger partial charge in [0.1, 0.15) is 24.2 Å². The van der Waals surface area contributed by atoms with Crippen molar-refractivity contribution in [3.05, 3.63) is 50.4 Å². The van der Waals surface area contributed by atoms with E-state index in [1.165, 1.54) is 18.2 Å². The van der Waals surface area contributed by atoms with Crippen LogP contribution >= 0.6 is 39.7 Å². The second kappa shape index (κ2) is 12.0. The summed E-state index contributed by atoms with van der Waals surface area (Å²) in [6.07, 6.45) is 0.120. The second-order valence-corrected chi connectivity index (χ2v) is 11.4. The van der Waals surface area contributed by atoms with Gasteiger partial charge in [-0.25, -0.2) is 4.79 Å². The molecule has 0 aliphatic heterocycles. The fraction of sp³-hybridized carbons (Fsp3) is 0.391. The summed E-state index contributed by atoms with van der Waals surface area (Å²) in [7, 11) is -1.33. The molecule has 0 aliphatic carbocycles. The van der Waals surface area contributed by atoms with Gasteiger partial charge < -0.3 is 19.9 Å². The van der Waals surface area contributed by atoms with Crippen molar-refractivity contribution >= 4 is 51.5 Å². The zero-order valence-electron chi connectivity index (χ0n) is 19.0. The minimum absolute atomic E-state index is 0.0395. The summed E-state index contributed by atoms with van der Waals surface area (Å²) >= 11 is 6.92. The largest absolute Gasteiger partial charge is 0.507 e. The van der Waals surface area contributed by atoms with Gasteiger partial charge in [0.2, 0.25) is 0 Å². The maximum atomic E-state index is 12.9. The SMILES string of the molecule is CC(C)OC(=O)C(NC(=O)c1cc(Oc2c(Br)cc(C[P+](C)=O)cc2Br)ccc1O)C(C)C. The lowest BCUT2D eigenvalue weighted by Crippen LogP contribution is -2.46. The van der Waals surface area contributed by atoms with Crippen LogP contribution in [0.4, 0.5) is 0 Å². The molecule has 2 unspecified atom stereocenters. The van der Waals surface area contributed by atoms with Crippen molar-refractivity contribution in [2.24, 2.45) is 5.92 Å². The van der Waals surface area contributed by atoms with Crippen molar-refractivity contribution in [1.29, 1.82) is 0 Å². The topological polar surface area (TPSA) is 102 Å². The minimum Gasteiger partial charge on any atom is -0.507 e. The van der Waals surface area contributed by atoms with E-state index in [4.69, 9.17) is 9.47 Å². The predicted octanol–water partition coefficient (Wildman–Crippen LogP) is 6.37. The molecule has 0 spiro atoms. The fourth-order valence-corrected chi connectivity index (χ4v) is 5.10. The Kier molecular flexibility index (Phi) is 9.88. The lowest BCUT2D eigenvalue weighted by molar-refractivity contribution is -0.150.